The third-order valence-electron chi connectivity index (χ3n) is 6.84. The van der Waals surface area contributed by atoms with Gasteiger partial charge in [0.25, 0.3) is 0 Å². The van der Waals surface area contributed by atoms with Crippen LogP contribution in [0.15, 0.2) is 47.7 Å². The highest BCUT2D eigenvalue weighted by atomic mass is 16.5. The molecule has 1 aromatic carbocycles. The summed E-state index contributed by atoms with van der Waals surface area (Å²) in [6.45, 7) is 3.61. The van der Waals surface area contributed by atoms with Gasteiger partial charge in [-0.3, -0.25) is 4.79 Å². The maximum Gasteiger partial charge on any atom is 0.337 e. The number of carbonyl (C=O) groups is 2. The van der Waals surface area contributed by atoms with E-state index < -0.39 is 0 Å². The molecule has 2 aliphatic carbocycles. The van der Waals surface area contributed by atoms with Gasteiger partial charge in [0.15, 0.2) is 0 Å². The number of hydrogen-bond donors (Lipinski definition) is 1. The molecule has 2 atom stereocenters. The maximum absolute atomic E-state index is 11.6. The lowest BCUT2D eigenvalue weighted by Crippen LogP contribution is -2.38. The zero-order valence-corrected chi connectivity index (χ0v) is 18.9. The van der Waals surface area contributed by atoms with Crippen LogP contribution in [-0.4, -0.2) is 30.3 Å². The molecule has 1 fully saturated rings. The summed E-state index contributed by atoms with van der Waals surface area (Å²) < 4.78 is 10.3. The smallest absolute Gasteiger partial charge is 0.337 e. The molecule has 168 valence electrons. The van der Waals surface area contributed by atoms with E-state index >= 15 is 0 Å². The number of aryl methyl sites for hydroxylation is 1. The Bertz CT molecular complexity index is 845. The molecule has 0 radical (unpaired) electrons. The van der Waals surface area contributed by atoms with Gasteiger partial charge in [-0.05, 0) is 67.2 Å². The number of aliphatic hydroxyl groups is 1. The molecule has 1 saturated carbocycles. The summed E-state index contributed by atoms with van der Waals surface area (Å²) in [7, 11) is 1.37. The van der Waals surface area contributed by atoms with Gasteiger partial charge in [-0.1, -0.05) is 37.6 Å². The largest absolute Gasteiger partial charge is 0.465 e. The number of aliphatic hydroxyl groups excluding tert-OH is 1. The summed E-state index contributed by atoms with van der Waals surface area (Å²) in [4.78, 5) is 23.2. The van der Waals surface area contributed by atoms with Gasteiger partial charge in [0.1, 0.15) is 5.76 Å². The Balaban J connectivity index is 1.64. The van der Waals surface area contributed by atoms with Crippen LogP contribution in [0.1, 0.15) is 74.7 Å². The van der Waals surface area contributed by atoms with Crippen molar-refractivity contribution in [3.63, 3.8) is 0 Å². The molecule has 1 N–H and O–H groups in total. The van der Waals surface area contributed by atoms with Crippen LogP contribution < -0.4 is 0 Å². The zero-order chi connectivity index (χ0) is 22.4. The van der Waals surface area contributed by atoms with Gasteiger partial charge in [-0.2, -0.15) is 0 Å². The first-order valence-electron chi connectivity index (χ1n) is 11.2. The van der Waals surface area contributed by atoms with Gasteiger partial charge in [-0.15, -0.1) is 0 Å². The van der Waals surface area contributed by atoms with Crippen molar-refractivity contribution in [3.05, 3.63) is 58.9 Å². The molecule has 5 heteroatoms. The summed E-state index contributed by atoms with van der Waals surface area (Å²) in [6, 6.07) is 7.43. The van der Waals surface area contributed by atoms with E-state index in [2.05, 4.69) is 19.1 Å². The third kappa shape index (κ3) is 5.85. The zero-order valence-electron chi connectivity index (χ0n) is 18.9. The van der Waals surface area contributed by atoms with Gasteiger partial charge in [0.2, 0.25) is 0 Å². The van der Waals surface area contributed by atoms with Crippen molar-refractivity contribution in [2.75, 3.05) is 7.11 Å². The van der Waals surface area contributed by atoms with Crippen LogP contribution in [0.2, 0.25) is 0 Å². The van der Waals surface area contributed by atoms with E-state index in [4.69, 9.17) is 9.47 Å². The summed E-state index contributed by atoms with van der Waals surface area (Å²) in [5, 5.41) is 10.5. The topological polar surface area (TPSA) is 72.8 Å². The van der Waals surface area contributed by atoms with Crippen molar-refractivity contribution in [1.29, 1.82) is 0 Å². The number of ether oxygens (including phenoxy) is 2. The lowest BCUT2D eigenvalue weighted by Gasteiger charge is -2.42. The van der Waals surface area contributed by atoms with Crippen LogP contribution in [-0.2, 0) is 20.7 Å². The van der Waals surface area contributed by atoms with E-state index in [1.165, 1.54) is 20.5 Å². The van der Waals surface area contributed by atoms with Gasteiger partial charge in [-0.25, -0.2) is 4.79 Å². The van der Waals surface area contributed by atoms with Crippen LogP contribution in [0.4, 0.5) is 0 Å². The van der Waals surface area contributed by atoms with Crippen LogP contribution in [0.5, 0.6) is 0 Å². The second-order valence-electron chi connectivity index (χ2n) is 9.06. The standard InChI is InChI=1S/C26H34O5/c1-18(27)31-23-15-13-20(6-4-7-24(28)26(2)16-5-17-26)22(23)14-10-19-8-11-21(12-9-19)25(29)30-3/h4,6,8-9,11-12,20,24,28H,5,7,10,13-17H2,1-3H3/b6-4+/t20-,24?/m0/s1. The number of carbonyl (C=O) groups excluding carboxylic acids is 2. The SMILES string of the molecule is COC(=O)c1ccc(CCC2=C(OC(C)=O)CC[C@@H]2/C=C/CC(O)C2(C)CCC2)cc1. The van der Waals surface area contributed by atoms with Gasteiger partial charge in [0, 0.05) is 19.3 Å². The average molecular weight is 427 g/mol. The number of hydrogen-bond acceptors (Lipinski definition) is 5. The van der Waals surface area contributed by atoms with Gasteiger partial charge in [0.05, 0.1) is 18.8 Å². The Labute approximate surface area is 185 Å². The molecule has 2 aliphatic rings. The minimum atomic E-state index is -0.342. The molecule has 0 spiro atoms. The quantitative estimate of drug-likeness (QED) is 0.438. The maximum atomic E-state index is 11.6. The fourth-order valence-corrected chi connectivity index (χ4v) is 4.58. The van der Waals surface area contributed by atoms with Crippen molar-refractivity contribution in [1.82, 2.24) is 0 Å². The fraction of sp³-hybridized carbons (Fsp3) is 0.538. The monoisotopic (exact) mass is 426 g/mol. The van der Waals surface area contributed by atoms with E-state index in [1.54, 1.807) is 12.1 Å². The first-order chi connectivity index (χ1) is 14.8. The predicted octanol–water partition coefficient (Wildman–Crippen LogP) is 5.13. The normalized spacial score (nSPS) is 21.1. The van der Waals surface area contributed by atoms with Crippen LogP contribution >= 0.6 is 0 Å². The molecular formula is C26H34O5. The highest BCUT2D eigenvalue weighted by Gasteiger charge is 2.38. The van der Waals surface area contributed by atoms with Crippen LogP contribution in [0.3, 0.4) is 0 Å². The Morgan fingerprint density at radius 1 is 1.23 bits per heavy atom. The lowest BCUT2D eigenvalue weighted by molar-refractivity contribution is -0.137. The Morgan fingerprint density at radius 2 is 1.94 bits per heavy atom. The summed E-state index contributed by atoms with van der Waals surface area (Å²) in [5.74, 6) is 0.392. The molecule has 0 aliphatic heterocycles. The molecule has 0 amide bonds. The molecule has 5 nitrogen and oxygen atoms in total. The second kappa shape index (κ2) is 10.3. The number of rotatable bonds is 9. The highest BCUT2D eigenvalue weighted by Crippen LogP contribution is 2.44. The molecule has 1 aromatic rings. The minimum Gasteiger partial charge on any atom is -0.465 e. The summed E-state index contributed by atoms with van der Waals surface area (Å²) in [6.07, 6.45) is 11.3. The van der Waals surface area contributed by atoms with Crippen LogP contribution in [0, 0.1) is 11.3 Å². The van der Waals surface area contributed by atoms with Crippen molar-refractivity contribution in [2.24, 2.45) is 11.3 Å². The number of benzene rings is 1. The lowest BCUT2D eigenvalue weighted by atomic mass is 9.66. The third-order valence-corrected chi connectivity index (χ3v) is 6.84. The van der Waals surface area contributed by atoms with Gasteiger partial charge >= 0.3 is 11.9 Å². The number of esters is 2. The van der Waals surface area contributed by atoms with Crippen LogP contribution in [0.25, 0.3) is 0 Å². The number of methoxy groups -OCH3 is 1. The van der Waals surface area contributed by atoms with E-state index in [0.29, 0.717) is 12.0 Å². The van der Waals surface area contributed by atoms with E-state index in [1.807, 2.05) is 12.1 Å². The average Bonchev–Trinajstić information content (AvgIpc) is 3.10. The fourth-order valence-electron chi connectivity index (χ4n) is 4.58. The predicted molar refractivity (Wildman–Crippen MR) is 119 cm³/mol. The molecule has 0 heterocycles. The van der Waals surface area contributed by atoms with Crippen molar-refractivity contribution >= 4 is 11.9 Å². The van der Waals surface area contributed by atoms with E-state index in [9.17, 15) is 14.7 Å². The van der Waals surface area contributed by atoms with E-state index in [0.717, 1.165) is 55.4 Å². The highest BCUT2D eigenvalue weighted by molar-refractivity contribution is 5.89. The molecule has 0 bridgehead atoms. The molecule has 0 aromatic heterocycles. The Morgan fingerprint density at radius 3 is 2.52 bits per heavy atom. The molecule has 0 saturated heterocycles. The molecule has 31 heavy (non-hydrogen) atoms. The number of allylic oxidation sites excluding steroid dienone is 3. The first kappa shape index (κ1) is 23.3. The summed E-state index contributed by atoms with van der Waals surface area (Å²) in [5.41, 5.74) is 2.88. The molecule has 3 rings (SSSR count). The Hall–Kier alpha value is -2.40. The minimum absolute atomic E-state index is 0.0674. The van der Waals surface area contributed by atoms with Crippen molar-refractivity contribution < 1.29 is 24.2 Å². The van der Waals surface area contributed by atoms with Gasteiger partial charge < -0.3 is 14.6 Å². The second-order valence-corrected chi connectivity index (χ2v) is 9.06. The summed E-state index contributed by atoms with van der Waals surface area (Å²) >= 11 is 0. The van der Waals surface area contributed by atoms with Crippen molar-refractivity contribution in [2.45, 2.75) is 71.3 Å². The van der Waals surface area contributed by atoms with E-state index in [-0.39, 0.29) is 29.4 Å². The molecule has 1 unspecified atom stereocenters. The Kier molecular flexibility index (Phi) is 7.71. The first-order valence-corrected chi connectivity index (χ1v) is 11.2. The molecular weight excluding hydrogens is 392 g/mol. The van der Waals surface area contributed by atoms with Crippen molar-refractivity contribution in [3.8, 4) is 0 Å².